The van der Waals surface area contributed by atoms with Gasteiger partial charge in [-0.05, 0) is 23.8 Å². The van der Waals surface area contributed by atoms with Gasteiger partial charge < -0.3 is 5.21 Å². The maximum atomic E-state index is 9.04. The Morgan fingerprint density at radius 3 is 3.18 bits per heavy atom. The van der Waals surface area contributed by atoms with Gasteiger partial charge >= 0.3 is 0 Å². The lowest BCUT2D eigenvalue weighted by Crippen LogP contribution is -1.91. The molecule has 0 atom stereocenters. The van der Waals surface area contributed by atoms with Gasteiger partial charge in [0.2, 0.25) is 5.65 Å². The third-order valence-electron chi connectivity index (χ3n) is 1.42. The Hall–Kier alpha value is -1.65. The van der Waals surface area contributed by atoms with Crippen LogP contribution in [0.5, 0.6) is 0 Å². The summed E-state index contributed by atoms with van der Waals surface area (Å²) in [6.45, 7) is 1.89. The average Bonchev–Trinajstić information content (AvgIpc) is 2.33. The molecule has 0 aliphatic rings. The first-order valence-electron chi connectivity index (χ1n) is 3.15. The largest absolute Gasteiger partial charge is 0.410 e. The fraction of sp³-hybridized carbons (Fsp3) is 0.167. The van der Waals surface area contributed by atoms with Crippen molar-refractivity contribution in [3.05, 3.63) is 17.8 Å². The summed E-state index contributed by atoms with van der Waals surface area (Å²) in [5.41, 5.74) is 1.96. The number of fused-ring (bicyclic) bond motifs is 1. The van der Waals surface area contributed by atoms with Crippen molar-refractivity contribution in [2.75, 3.05) is 0 Å². The molecule has 0 saturated carbocycles. The van der Waals surface area contributed by atoms with Gasteiger partial charge in [-0.1, -0.05) is 4.85 Å². The van der Waals surface area contributed by atoms with E-state index in [0.717, 1.165) is 10.4 Å². The van der Waals surface area contributed by atoms with Gasteiger partial charge in [0.05, 0.1) is 0 Å². The molecule has 5 nitrogen and oxygen atoms in total. The Kier molecular flexibility index (Phi) is 1.06. The molecular weight excluding hydrogens is 144 g/mol. The zero-order valence-electron chi connectivity index (χ0n) is 5.89. The van der Waals surface area contributed by atoms with Crippen LogP contribution in [0, 0.1) is 6.92 Å². The van der Waals surface area contributed by atoms with E-state index in [2.05, 4.69) is 15.3 Å². The van der Waals surface area contributed by atoms with E-state index in [1.54, 1.807) is 12.3 Å². The number of rotatable bonds is 0. The van der Waals surface area contributed by atoms with E-state index in [0.29, 0.717) is 11.2 Å². The van der Waals surface area contributed by atoms with Crippen LogP contribution in [0.4, 0.5) is 0 Å². The van der Waals surface area contributed by atoms with Crippen LogP contribution in [0.3, 0.4) is 0 Å². The molecule has 2 aromatic rings. The summed E-state index contributed by atoms with van der Waals surface area (Å²) in [5, 5.41) is 16.0. The molecule has 0 saturated heterocycles. The smallest absolute Gasteiger partial charge is 0.205 e. The van der Waals surface area contributed by atoms with Gasteiger partial charge in [0.15, 0.2) is 0 Å². The minimum Gasteiger partial charge on any atom is -0.410 e. The lowest BCUT2D eigenvalue weighted by molar-refractivity contribution is 0.154. The number of pyridine rings is 1. The molecule has 0 fully saturated rings. The second-order valence-electron chi connectivity index (χ2n) is 2.33. The zero-order valence-corrected chi connectivity index (χ0v) is 5.89. The molecule has 2 heterocycles. The number of hydrogen-bond donors (Lipinski definition) is 1. The van der Waals surface area contributed by atoms with Crippen LogP contribution in [0.2, 0.25) is 0 Å². The molecule has 2 aromatic heterocycles. The number of aromatic nitrogens is 4. The molecule has 0 bridgehead atoms. The van der Waals surface area contributed by atoms with Crippen LogP contribution < -0.4 is 0 Å². The minimum atomic E-state index is 0.457. The molecule has 0 aliphatic carbocycles. The standard InChI is InChI=1S/C6H6N4O/c1-4-2-5-6(7-3-4)8-9-10(5)11/h2-3,11H,1H3. The summed E-state index contributed by atoms with van der Waals surface area (Å²) in [4.78, 5) is 4.66. The predicted octanol–water partition coefficient (Wildman–Crippen LogP) is 0.372. The minimum absolute atomic E-state index is 0.457. The van der Waals surface area contributed by atoms with Crippen LogP contribution in [-0.2, 0) is 0 Å². The second kappa shape index (κ2) is 1.91. The second-order valence-corrected chi connectivity index (χ2v) is 2.33. The normalized spacial score (nSPS) is 10.6. The van der Waals surface area contributed by atoms with Gasteiger partial charge in [-0.3, -0.25) is 0 Å². The van der Waals surface area contributed by atoms with Crippen molar-refractivity contribution < 1.29 is 5.21 Å². The summed E-state index contributed by atoms with van der Waals surface area (Å²) < 4.78 is 0. The molecule has 0 aliphatic heterocycles. The SMILES string of the molecule is Cc1cnc2nnn(O)c2c1. The first kappa shape index (κ1) is 6.09. The van der Waals surface area contributed by atoms with E-state index in [1.165, 1.54) is 0 Å². The molecule has 0 unspecified atom stereocenters. The van der Waals surface area contributed by atoms with E-state index >= 15 is 0 Å². The predicted molar refractivity (Wildman–Crippen MR) is 37.2 cm³/mol. The van der Waals surface area contributed by atoms with Crippen LogP contribution >= 0.6 is 0 Å². The lowest BCUT2D eigenvalue weighted by Gasteiger charge is -1.90. The summed E-state index contributed by atoms with van der Waals surface area (Å²) in [7, 11) is 0. The third kappa shape index (κ3) is 0.813. The summed E-state index contributed by atoms with van der Waals surface area (Å²) in [6.07, 6.45) is 1.68. The molecule has 0 radical (unpaired) electrons. The topological polar surface area (TPSA) is 63.8 Å². The van der Waals surface area contributed by atoms with Gasteiger partial charge in [-0.15, -0.1) is 5.10 Å². The highest BCUT2D eigenvalue weighted by atomic mass is 16.5. The van der Waals surface area contributed by atoms with Crippen molar-refractivity contribution in [1.82, 2.24) is 20.1 Å². The van der Waals surface area contributed by atoms with Gasteiger partial charge in [0.1, 0.15) is 5.52 Å². The summed E-state index contributed by atoms with van der Waals surface area (Å²) in [5.74, 6) is 0. The van der Waals surface area contributed by atoms with Crippen molar-refractivity contribution in [3.63, 3.8) is 0 Å². The first-order valence-corrected chi connectivity index (χ1v) is 3.15. The van der Waals surface area contributed by atoms with Gasteiger partial charge in [-0.2, -0.15) is 0 Å². The fourth-order valence-electron chi connectivity index (χ4n) is 0.904. The van der Waals surface area contributed by atoms with Crippen molar-refractivity contribution in [2.24, 2.45) is 0 Å². The van der Waals surface area contributed by atoms with Crippen molar-refractivity contribution in [3.8, 4) is 0 Å². The van der Waals surface area contributed by atoms with E-state index < -0.39 is 0 Å². The maximum Gasteiger partial charge on any atom is 0.205 e. The van der Waals surface area contributed by atoms with Gasteiger partial charge in [0, 0.05) is 6.20 Å². The fourth-order valence-corrected chi connectivity index (χ4v) is 0.904. The molecule has 56 valence electrons. The number of hydrogen-bond acceptors (Lipinski definition) is 4. The van der Waals surface area contributed by atoms with E-state index in [9.17, 15) is 0 Å². The van der Waals surface area contributed by atoms with Crippen LogP contribution in [0.25, 0.3) is 11.2 Å². The van der Waals surface area contributed by atoms with Crippen LogP contribution in [0.1, 0.15) is 5.56 Å². The highest BCUT2D eigenvalue weighted by molar-refractivity contribution is 5.69. The molecule has 0 aromatic carbocycles. The quantitative estimate of drug-likeness (QED) is 0.551. The van der Waals surface area contributed by atoms with Crippen LogP contribution in [0.15, 0.2) is 12.3 Å². The maximum absolute atomic E-state index is 9.04. The molecule has 5 heteroatoms. The highest BCUT2D eigenvalue weighted by Crippen LogP contribution is 2.07. The Labute approximate surface area is 62.2 Å². The van der Waals surface area contributed by atoms with Gasteiger partial charge in [-0.25, -0.2) is 4.98 Å². The van der Waals surface area contributed by atoms with Gasteiger partial charge in [0.25, 0.3) is 0 Å². The van der Waals surface area contributed by atoms with Crippen molar-refractivity contribution >= 4 is 11.2 Å². The zero-order chi connectivity index (χ0) is 7.84. The molecule has 2 rings (SSSR count). The van der Waals surface area contributed by atoms with Crippen LogP contribution in [-0.4, -0.2) is 25.3 Å². The average molecular weight is 150 g/mol. The number of aryl methyl sites for hydroxylation is 1. The molecule has 1 N–H and O–H groups in total. The summed E-state index contributed by atoms with van der Waals surface area (Å²) in [6, 6.07) is 1.77. The Morgan fingerprint density at radius 2 is 2.36 bits per heavy atom. The molecule has 0 spiro atoms. The Balaban J connectivity index is 2.87. The van der Waals surface area contributed by atoms with E-state index in [1.807, 2.05) is 6.92 Å². The molecular formula is C6H6N4O. The Bertz CT molecular complexity index is 394. The Morgan fingerprint density at radius 1 is 1.55 bits per heavy atom. The molecule has 11 heavy (non-hydrogen) atoms. The van der Waals surface area contributed by atoms with Crippen molar-refractivity contribution in [2.45, 2.75) is 6.92 Å². The lowest BCUT2D eigenvalue weighted by atomic mass is 10.3. The summed E-state index contributed by atoms with van der Waals surface area (Å²) >= 11 is 0. The van der Waals surface area contributed by atoms with E-state index in [-0.39, 0.29) is 0 Å². The third-order valence-corrected chi connectivity index (χ3v) is 1.42. The van der Waals surface area contributed by atoms with Crippen molar-refractivity contribution in [1.29, 1.82) is 0 Å². The van der Waals surface area contributed by atoms with E-state index in [4.69, 9.17) is 5.21 Å². The highest BCUT2D eigenvalue weighted by Gasteiger charge is 2.02. The number of nitrogens with zero attached hydrogens (tertiary/aromatic N) is 4. The first-order chi connectivity index (χ1) is 5.27. The molecule has 0 amide bonds. The monoisotopic (exact) mass is 150 g/mol.